The van der Waals surface area contributed by atoms with E-state index in [-0.39, 0.29) is 18.2 Å². The summed E-state index contributed by atoms with van der Waals surface area (Å²) in [7, 11) is 0. The van der Waals surface area contributed by atoms with Crippen LogP contribution in [0.4, 0.5) is 5.69 Å². The molecule has 3 rings (SSSR count). The van der Waals surface area contributed by atoms with Crippen molar-refractivity contribution in [2.75, 3.05) is 5.32 Å². The number of benzene rings is 2. The van der Waals surface area contributed by atoms with Gasteiger partial charge in [0.1, 0.15) is 0 Å². The molecule has 1 aromatic heterocycles. The van der Waals surface area contributed by atoms with Crippen molar-refractivity contribution in [3.05, 3.63) is 77.6 Å². The Morgan fingerprint density at radius 3 is 2.65 bits per heavy atom. The van der Waals surface area contributed by atoms with Crippen LogP contribution in [0.2, 0.25) is 0 Å². The van der Waals surface area contributed by atoms with Gasteiger partial charge in [-0.1, -0.05) is 47.7 Å². The molecule has 0 atom stereocenters. The van der Waals surface area contributed by atoms with Crippen LogP contribution in [0.25, 0.3) is 0 Å². The van der Waals surface area contributed by atoms with E-state index in [1.54, 1.807) is 35.1 Å². The Morgan fingerprint density at radius 1 is 1.09 bits per heavy atom. The molecule has 6 nitrogen and oxygen atoms in total. The molecule has 0 aliphatic heterocycles. The molecule has 6 heteroatoms. The maximum atomic E-state index is 12.2. The average Bonchev–Trinajstić information content (AvgIpc) is 3.04. The summed E-state index contributed by atoms with van der Waals surface area (Å²) in [6.07, 6.45) is 1.61. The van der Waals surface area contributed by atoms with Crippen LogP contribution in [0.1, 0.15) is 21.6 Å². The van der Waals surface area contributed by atoms with Crippen molar-refractivity contribution < 1.29 is 9.90 Å². The standard InChI is InChI=1S/C17H16N4O2/c22-12-14-7-4-8-15(9-14)18-17(23)16-11-21(20-19-16)10-13-5-2-1-3-6-13/h1-9,11,22H,10,12H2,(H,18,23). The number of carbonyl (C=O) groups excluding carboxylic acids is 1. The molecular weight excluding hydrogens is 292 g/mol. The summed E-state index contributed by atoms with van der Waals surface area (Å²) < 4.78 is 1.62. The lowest BCUT2D eigenvalue weighted by Gasteiger charge is -2.04. The van der Waals surface area contributed by atoms with Gasteiger partial charge in [-0.15, -0.1) is 5.10 Å². The minimum atomic E-state index is -0.334. The highest BCUT2D eigenvalue weighted by Crippen LogP contribution is 2.12. The van der Waals surface area contributed by atoms with E-state index in [9.17, 15) is 4.79 Å². The van der Waals surface area contributed by atoms with E-state index < -0.39 is 0 Å². The second kappa shape index (κ2) is 6.85. The Hall–Kier alpha value is -2.99. The fourth-order valence-electron chi connectivity index (χ4n) is 2.19. The van der Waals surface area contributed by atoms with E-state index in [2.05, 4.69) is 15.6 Å². The number of carbonyl (C=O) groups is 1. The van der Waals surface area contributed by atoms with Gasteiger partial charge >= 0.3 is 0 Å². The van der Waals surface area contributed by atoms with Crippen molar-refractivity contribution in [3.63, 3.8) is 0 Å². The van der Waals surface area contributed by atoms with Crippen molar-refractivity contribution in [2.45, 2.75) is 13.2 Å². The Morgan fingerprint density at radius 2 is 1.87 bits per heavy atom. The molecular formula is C17H16N4O2. The number of nitrogens with one attached hydrogen (secondary N) is 1. The summed E-state index contributed by atoms with van der Waals surface area (Å²) in [5.74, 6) is -0.334. The lowest BCUT2D eigenvalue weighted by molar-refractivity contribution is 0.102. The van der Waals surface area contributed by atoms with E-state index in [1.165, 1.54) is 0 Å². The lowest BCUT2D eigenvalue weighted by atomic mass is 10.2. The van der Waals surface area contributed by atoms with Gasteiger partial charge in [-0.3, -0.25) is 4.79 Å². The van der Waals surface area contributed by atoms with Gasteiger partial charge in [-0.2, -0.15) is 0 Å². The van der Waals surface area contributed by atoms with Gasteiger partial charge in [-0.05, 0) is 23.3 Å². The first-order valence-corrected chi connectivity index (χ1v) is 7.20. The maximum absolute atomic E-state index is 12.2. The number of aliphatic hydroxyl groups excluding tert-OH is 1. The molecule has 0 spiro atoms. The van der Waals surface area contributed by atoms with Crippen LogP contribution in [-0.4, -0.2) is 26.0 Å². The summed E-state index contributed by atoms with van der Waals surface area (Å²) in [5, 5.41) is 19.7. The van der Waals surface area contributed by atoms with Crippen molar-refractivity contribution >= 4 is 11.6 Å². The Kier molecular flexibility index (Phi) is 4.44. The number of aliphatic hydroxyl groups is 1. The Labute approximate surface area is 133 Å². The van der Waals surface area contributed by atoms with Gasteiger partial charge < -0.3 is 10.4 Å². The van der Waals surface area contributed by atoms with E-state index >= 15 is 0 Å². The second-order valence-electron chi connectivity index (χ2n) is 5.10. The molecule has 23 heavy (non-hydrogen) atoms. The number of rotatable bonds is 5. The summed E-state index contributed by atoms with van der Waals surface area (Å²) >= 11 is 0. The molecule has 0 aliphatic rings. The van der Waals surface area contributed by atoms with Gasteiger partial charge in [0.05, 0.1) is 19.3 Å². The van der Waals surface area contributed by atoms with E-state index in [4.69, 9.17) is 5.11 Å². The summed E-state index contributed by atoms with van der Waals surface area (Å²) in [6.45, 7) is 0.484. The van der Waals surface area contributed by atoms with Gasteiger partial charge in [0.15, 0.2) is 5.69 Å². The first kappa shape index (κ1) is 14.9. The SMILES string of the molecule is O=C(Nc1cccc(CO)c1)c1cn(Cc2ccccc2)nn1. The first-order valence-electron chi connectivity index (χ1n) is 7.20. The molecule has 0 saturated carbocycles. The van der Waals surface area contributed by atoms with Crippen molar-refractivity contribution in [1.82, 2.24) is 15.0 Å². The Balaban J connectivity index is 1.68. The summed E-state index contributed by atoms with van der Waals surface area (Å²) in [6, 6.07) is 16.9. The molecule has 2 aromatic carbocycles. The van der Waals surface area contributed by atoms with E-state index in [1.807, 2.05) is 30.3 Å². The van der Waals surface area contributed by atoms with Gasteiger partial charge in [0.2, 0.25) is 0 Å². The summed E-state index contributed by atoms with van der Waals surface area (Å²) in [5.41, 5.74) is 2.67. The zero-order valence-corrected chi connectivity index (χ0v) is 12.4. The predicted octanol–water partition coefficient (Wildman–Crippen LogP) is 2.07. The van der Waals surface area contributed by atoms with Gasteiger partial charge in [-0.25, -0.2) is 4.68 Å². The molecule has 0 aliphatic carbocycles. The lowest BCUT2D eigenvalue weighted by Crippen LogP contribution is -2.12. The fourth-order valence-corrected chi connectivity index (χ4v) is 2.19. The number of amides is 1. The average molecular weight is 308 g/mol. The van der Waals surface area contributed by atoms with Crippen LogP contribution in [0.15, 0.2) is 60.8 Å². The van der Waals surface area contributed by atoms with Crippen molar-refractivity contribution in [1.29, 1.82) is 0 Å². The normalized spacial score (nSPS) is 10.5. The molecule has 0 saturated heterocycles. The third-order valence-electron chi connectivity index (χ3n) is 3.33. The monoisotopic (exact) mass is 308 g/mol. The summed E-state index contributed by atoms with van der Waals surface area (Å²) in [4.78, 5) is 12.2. The van der Waals surface area contributed by atoms with Crippen LogP contribution in [0.3, 0.4) is 0 Å². The number of hydrogen-bond acceptors (Lipinski definition) is 4. The molecule has 3 aromatic rings. The number of aromatic nitrogens is 3. The fraction of sp³-hybridized carbons (Fsp3) is 0.118. The largest absolute Gasteiger partial charge is 0.392 e. The number of anilines is 1. The van der Waals surface area contributed by atoms with Crippen LogP contribution < -0.4 is 5.32 Å². The molecule has 0 fully saturated rings. The molecule has 116 valence electrons. The maximum Gasteiger partial charge on any atom is 0.277 e. The molecule has 1 heterocycles. The smallest absolute Gasteiger partial charge is 0.277 e. The highest BCUT2D eigenvalue weighted by atomic mass is 16.3. The van der Waals surface area contributed by atoms with Crippen LogP contribution in [-0.2, 0) is 13.2 Å². The minimum absolute atomic E-state index is 0.0725. The highest BCUT2D eigenvalue weighted by Gasteiger charge is 2.11. The zero-order valence-electron chi connectivity index (χ0n) is 12.4. The third kappa shape index (κ3) is 3.81. The first-order chi connectivity index (χ1) is 11.2. The van der Waals surface area contributed by atoms with Gasteiger partial charge in [0, 0.05) is 5.69 Å². The van der Waals surface area contributed by atoms with Crippen molar-refractivity contribution in [2.24, 2.45) is 0 Å². The van der Waals surface area contributed by atoms with Crippen LogP contribution in [0.5, 0.6) is 0 Å². The molecule has 0 bridgehead atoms. The second-order valence-corrected chi connectivity index (χ2v) is 5.10. The van der Waals surface area contributed by atoms with Crippen molar-refractivity contribution in [3.8, 4) is 0 Å². The topological polar surface area (TPSA) is 80.0 Å². The van der Waals surface area contributed by atoms with Crippen LogP contribution >= 0.6 is 0 Å². The third-order valence-corrected chi connectivity index (χ3v) is 3.33. The molecule has 2 N–H and O–H groups in total. The molecule has 1 amide bonds. The Bertz CT molecular complexity index is 799. The molecule has 0 radical (unpaired) electrons. The number of nitrogens with zero attached hydrogens (tertiary/aromatic N) is 3. The quantitative estimate of drug-likeness (QED) is 0.756. The minimum Gasteiger partial charge on any atom is -0.392 e. The predicted molar refractivity (Wildman–Crippen MR) is 85.9 cm³/mol. The number of hydrogen-bond donors (Lipinski definition) is 2. The zero-order chi connectivity index (χ0) is 16.1. The molecule has 0 unspecified atom stereocenters. The van der Waals surface area contributed by atoms with E-state index in [0.29, 0.717) is 12.2 Å². The van der Waals surface area contributed by atoms with Crippen LogP contribution in [0, 0.1) is 0 Å². The van der Waals surface area contributed by atoms with Gasteiger partial charge in [0.25, 0.3) is 5.91 Å². The highest BCUT2D eigenvalue weighted by molar-refractivity contribution is 6.02. The van der Waals surface area contributed by atoms with E-state index in [0.717, 1.165) is 11.1 Å².